The molecule has 1 atom stereocenters. The molecule has 0 amide bonds. The maximum absolute atomic E-state index is 10.3. The molecule has 0 saturated carbocycles. The van der Waals surface area contributed by atoms with Gasteiger partial charge in [0.15, 0.2) is 11.5 Å². The molecule has 2 rings (SSSR count). The molecule has 0 bridgehead atoms. The van der Waals surface area contributed by atoms with E-state index in [4.69, 9.17) is 4.74 Å². The van der Waals surface area contributed by atoms with Crippen molar-refractivity contribution >= 4 is 15.9 Å². The van der Waals surface area contributed by atoms with Crippen molar-refractivity contribution < 1.29 is 14.9 Å². The quantitative estimate of drug-likeness (QED) is 0.824. The number of aliphatic hydroxyl groups is 1. The molecule has 0 saturated heterocycles. The topological polar surface area (TPSA) is 52.9 Å². The van der Waals surface area contributed by atoms with Gasteiger partial charge in [0.2, 0.25) is 0 Å². The van der Waals surface area contributed by atoms with Gasteiger partial charge in [-0.15, -0.1) is 0 Å². The number of aromatic hydroxyl groups is 1. The summed E-state index contributed by atoms with van der Waals surface area (Å²) >= 11 is 3.32. The molecule has 0 aliphatic carbocycles. The van der Waals surface area contributed by atoms with Gasteiger partial charge in [0.25, 0.3) is 0 Å². The summed E-state index contributed by atoms with van der Waals surface area (Å²) in [5.41, 5.74) is 1.89. The number of aliphatic hydroxyl groups excluding tert-OH is 1. The lowest BCUT2D eigenvalue weighted by Gasteiger charge is -2.21. The molecule has 4 nitrogen and oxygen atoms in total. The van der Waals surface area contributed by atoms with Crippen LogP contribution in [0.3, 0.4) is 0 Å². The zero-order valence-electron chi connectivity index (χ0n) is 12.7. The van der Waals surface area contributed by atoms with Crippen LogP contribution in [-0.2, 0) is 6.54 Å². The Kier molecular flexibility index (Phi) is 5.83. The van der Waals surface area contributed by atoms with Crippen molar-refractivity contribution in [2.45, 2.75) is 12.6 Å². The Morgan fingerprint density at radius 1 is 1.23 bits per heavy atom. The molecular weight excluding hydrogens is 346 g/mol. The first-order chi connectivity index (χ1) is 10.5. The van der Waals surface area contributed by atoms with Crippen molar-refractivity contribution in [3.8, 4) is 11.5 Å². The summed E-state index contributed by atoms with van der Waals surface area (Å²) in [7, 11) is 3.47. The number of halogens is 1. The lowest BCUT2D eigenvalue weighted by molar-refractivity contribution is 0.124. The fourth-order valence-electron chi connectivity index (χ4n) is 2.33. The minimum atomic E-state index is -0.534. The summed E-state index contributed by atoms with van der Waals surface area (Å²) in [6.45, 7) is 1.16. The van der Waals surface area contributed by atoms with Crippen molar-refractivity contribution in [2.75, 3.05) is 20.7 Å². The van der Waals surface area contributed by atoms with Crippen LogP contribution in [0, 0.1) is 0 Å². The van der Waals surface area contributed by atoms with Gasteiger partial charge in [-0.05, 0) is 46.2 Å². The third kappa shape index (κ3) is 4.22. The number of ether oxygens (including phenoxy) is 1. The number of nitrogens with zero attached hydrogens (tertiary/aromatic N) is 1. The highest BCUT2D eigenvalue weighted by molar-refractivity contribution is 9.10. The van der Waals surface area contributed by atoms with E-state index in [1.807, 2.05) is 48.3 Å². The number of phenolic OH excluding ortho intramolecular Hbond substituents is 1. The van der Waals surface area contributed by atoms with Gasteiger partial charge < -0.3 is 14.9 Å². The Morgan fingerprint density at radius 2 is 1.91 bits per heavy atom. The molecule has 0 aromatic heterocycles. The van der Waals surface area contributed by atoms with Crippen LogP contribution in [0.4, 0.5) is 0 Å². The van der Waals surface area contributed by atoms with Crippen molar-refractivity contribution in [1.29, 1.82) is 0 Å². The normalized spacial score (nSPS) is 12.4. The van der Waals surface area contributed by atoms with Gasteiger partial charge in [-0.25, -0.2) is 0 Å². The standard InChI is InChI=1S/C17H20BrNO3/c1-19(11-15(20)13-6-4-3-5-7-13)10-12-8-14(18)17(21)16(9-12)22-2/h3-9,15,20-21H,10-11H2,1-2H3. The molecule has 0 heterocycles. The van der Waals surface area contributed by atoms with Gasteiger partial charge in [-0.1, -0.05) is 30.3 Å². The summed E-state index contributed by atoms with van der Waals surface area (Å²) in [6, 6.07) is 13.2. The van der Waals surface area contributed by atoms with Gasteiger partial charge in [0.1, 0.15) is 0 Å². The minimum Gasteiger partial charge on any atom is -0.503 e. The van der Waals surface area contributed by atoms with Crippen LogP contribution in [0.2, 0.25) is 0 Å². The largest absolute Gasteiger partial charge is 0.503 e. The number of likely N-dealkylation sites (N-methyl/N-ethyl adjacent to an activating group) is 1. The second kappa shape index (κ2) is 7.63. The molecule has 118 valence electrons. The molecule has 2 aromatic carbocycles. The summed E-state index contributed by atoms with van der Waals surface area (Å²) in [5.74, 6) is 0.527. The van der Waals surface area contributed by atoms with Crippen LogP contribution in [0.1, 0.15) is 17.2 Å². The van der Waals surface area contributed by atoms with E-state index in [0.29, 0.717) is 23.3 Å². The number of hydrogen-bond acceptors (Lipinski definition) is 4. The van der Waals surface area contributed by atoms with E-state index in [2.05, 4.69) is 15.9 Å². The van der Waals surface area contributed by atoms with Crippen LogP contribution in [0.15, 0.2) is 46.9 Å². The number of methoxy groups -OCH3 is 1. The Balaban J connectivity index is 2.03. The van der Waals surface area contributed by atoms with Gasteiger partial charge in [0.05, 0.1) is 17.7 Å². The fraction of sp³-hybridized carbons (Fsp3) is 0.294. The second-order valence-corrected chi connectivity index (χ2v) is 6.11. The van der Waals surface area contributed by atoms with Gasteiger partial charge in [0, 0.05) is 13.1 Å². The Bertz CT molecular complexity index is 619. The molecule has 1 unspecified atom stereocenters. The SMILES string of the molecule is COc1cc(CN(C)CC(O)c2ccccc2)cc(Br)c1O. The van der Waals surface area contributed by atoms with Crippen LogP contribution < -0.4 is 4.74 Å². The first-order valence-electron chi connectivity index (χ1n) is 6.98. The maximum atomic E-state index is 10.3. The third-order valence-electron chi connectivity index (χ3n) is 3.43. The first-order valence-corrected chi connectivity index (χ1v) is 7.77. The molecular formula is C17H20BrNO3. The molecule has 2 aromatic rings. The Labute approximate surface area is 139 Å². The van der Waals surface area contributed by atoms with E-state index in [1.54, 1.807) is 6.07 Å². The van der Waals surface area contributed by atoms with E-state index >= 15 is 0 Å². The molecule has 22 heavy (non-hydrogen) atoms. The summed E-state index contributed by atoms with van der Waals surface area (Å²) < 4.78 is 5.75. The van der Waals surface area contributed by atoms with Crippen LogP contribution in [-0.4, -0.2) is 35.8 Å². The predicted octanol–water partition coefficient (Wildman–Crippen LogP) is 3.33. The first kappa shape index (κ1) is 16.8. The Hall–Kier alpha value is -1.56. The third-order valence-corrected chi connectivity index (χ3v) is 4.03. The monoisotopic (exact) mass is 365 g/mol. The lowest BCUT2D eigenvalue weighted by Crippen LogP contribution is -2.24. The van der Waals surface area contributed by atoms with Crippen LogP contribution in [0.25, 0.3) is 0 Å². The molecule has 0 fully saturated rings. The van der Waals surface area contributed by atoms with Crippen molar-refractivity contribution in [3.05, 3.63) is 58.1 Å². The zero-order valence-corrected chi connectivity index (χ0v) is 14.2. The van der Waals surface area contributed by atoms with Crippen molar-refractivity contribution in [2.24, 2.45) is 0 Å². The molecule has 0 spiro atoms. The van der Waals surface area contributed by atoms with E-state index < -0.39 is 6.10 Å². The molecule has 0 aliphatic heterocycles. The number of hydrogen-bond donors (Lipinski definition) is 2. The van der Waals surface area contributed by atoms with Gasteiger partial charge in [-0.3, -0.25) is 4.90 Å². The van der Waals surface area contributed by atoms with Gasteiger partial charge >= 0.3 is 0 Å². The summed E-state index contributed by atoms with van der Waals surface area (Å²) in [4.78, 5) is 2.02. The van der Waals surface area contributed by atoms with Crippen molar-refractivity contribution in [3.63, 3.8) is 0 Å². The summed E-state index contributed by atoms with van der Waals surface area (Å²) in [6.07, 6.45) is -0.534. The average Bonchev–Trinajstić information content (AvgIpc) is 2.51. The van der Waals surface area contributed by atoms with E-state index in [1.165, 1.54) is 7.11 Å². The minimum absolute atomic E-state index is 0.0956. The average molecular weight is 366 g/mol. The van der Waals surface area contributed by atoms with Gasteiger partial charge in [-0.2, -0.15) is 0 Å². The fourth-order valence-corrected chi connectivity index (χ4v) is 2.82. The number of benzene rings is 2. The lowest BCUT2D eigenvalue weighted by atomic mass is 10.1. The van der Waals surface area contributed by atoms with Crippen LogP contribution >= 0.6 is 15.9 Å². The molecule has 5 heteroatoms. The predicted molar refractivity (Wildman–Crippen MR) is 90.1 cm³/mol. The summed E-state index contributed by atoms with van der Waals surface area (Å²) in [5, 5.41) is 20.1. The smallest absolute Gasteiger partial charge is 0.172 e. The van der Waals surface area contributed by atoms with E-state index in [0.717, 1.165) is 11.1 Å². The molecule has 0 aliphatic rings. The van der Waals surface area contributed by atoms with E-state index in [9.17, 15) is 10.2 Å². The zero-order chi connectivity index (χ0) is 16.1. The Morgan fingerprint density at radius 3 is 2.55 bits per heavy atom. The van der Waals surface area contributed by atoms with Crippen LogP contribution in [0.5, 0.6) is 11.5 Å². The number of rotatable bonds is 6. The molecule has 0 radical (unpaired) electrons. The highest BCUT2D eigenvalue weighted by Crippen LogP contribution is 2.35. The highest BCUT2D eigenvalue weighted by atomic mass is 79.9. The highest BCUT2D eigenvalue weighted by Gasteiger charge is 2.13. The van der Waals surface area contributed by atoms with Crippen molar-refractivity contribution in [1.82, 2.24) is 4.90 Å². The number of phenols is 1. The molecule has 2 N–H and O–H groups in total. The maximum Gasteiger partial charge on any atom is 0.172 e. The van der Waals surface area contributed by atoms with E-state index in [-0.39, 0.29) is 5.75 Å². The second-order valence-electron chi connectivity index (χ2n) is 5.25.